The van der Waals surface area contributed by atoms with Crippen molar-refractivity contribution in [2.75, 3.05) is 37.0 Å². The van der Waals surface area contributed by atoms with Crippen LogP contribution in [0.4, 0.5) is 5.95 Å². The van der Waals surface area contributed by atoms with Crippen molar-refractivity contribution in [2.24, 2.45) is 5.92 Å². The minimum Gasteiger partial charge on any atom is -0.493 e. The highest BCUT2D eigenvalue weighted by Crippen LogP contribution is 2.30. The van der Waals surface area contributed by atoms with Crippen molar-refractivity contribution in [2.45, 2.75) is 50.7 Å². The average molecular weight is 542 g/mol. The standard InChI is InChI=1S/C27H35N5O5S/c1-38(35,36)17-3-16-37-24-5-2-4-23-22(24)12-15-32(23)25-10-13-28-27(30-25)29-20-8-6-19(7-9-20)26(34)31-14-11-21(33)18-31/h2,4-5,10,12-13,15,19-21,33H,3,6-9,11,14,16-18H2,1H3,(H,28,29,30)/t19?,20?,21-/m0/s1. The SMILES string of the molecule is CS(=O)(=O)CCCOc1cccc2c1ccn2-c1ccnc(NC2CCC(C(=O)N3CC[C@H](O)C3)CC2)n1. The Kier molecular flexibility index (Phi) is 7.85. The summed E-state index contributed by atoms with van der Waals surface area (Å²) in [6, 6.07) is 9.80. The first kappa shape index (κ1) is 26.4. The van der Waals surface area contributed by atoms with Gasteiger partial charge in [0.25, 0.3) is 0 Å². The van der Waals surface area contributed by atoms with Gasteiger partial charge in [-0.1, -0.05) is 6.07 Å². The Hall–Kier alpha value is -3.18. The molecule has 1 aromatic carbocycles. The monoisotopic (exact) mass is 541 g/mol. The Morgan fingerprint density at radius 1 is 1.16 bits per heavy atom. The Morgan fingerprint density at radius 2 is 1.97 bits per heavy atom. The van der Waals surface area contributed by atoms with Crippen LogP contribution in [0.3, 0.4) is 0 Å². The number of rotatable bonds is 9. The molecule has 0 radical (unpaired) electrons. The number of sulfone groups is 1. The molecule has 10 nitrogen and oxygen atoms in total. The highest BCUT2D eigenvalue weighted by atomic mass is 32.2. The second kappa shape index (κ2) is 11.3. The number of likely N-dealkylation sites (tertiary alicyclic amines) is 1. The molecule has 1 amide bonds. The van der Waals surface area contributed by atoms with E-state index in [0.29, 0.717) is 44.2 Å². The first-order valence-corrected chi connectivity index (χ1v) is 15.3. The van der Waals surface area contributed by atoms with Crippen LogP contribution in [-0.2, 0) is 14.6 Å². The summed E-state index contributed by atoms with van der Waals surface area (Å²) in [5.74, 6) is 2.28. The predicted octanol–water partition coefficient (Wildman–Crippen LogP) is 2.80. The summed E-state index contributed by atoms with van der Waals surface area (Å²) in [6.07, 6.45) is 9.00. The minimum absolute atomic E-state index is 0.0274. The Labute approximate surface area is 222 Å². The highest BCUT2D eigenvalue weighted by Gasteiger charge is 2.33. The van der Waals surface area contributed by atoms with E-state index in [-0.39, 0.29) is 29.7 Å². The zero-order valence-corrected chi connectivity index (χ0v) is 22.4. The van der Waals surface area contributed by atoms with Gasteiger partial charge in [-0.05, 0) is 62.8 Å². The molecule has 0 spiro atoms. The molecule has 38 heavy (non-hydrogen) atoms. The van der Waals surface area contributed by atoms with Crippen LogP contribution in [0.25, 0.3) is 16.7 Å². The van der Waals surface area contributed by atoms with Crippen molar-refractivity contribution < 1.29 is 23.1 Å². The zero-order chi connectivity index (χ0) is 26.7. The number of hydrogen-bond acceptors (Lipinski definition) is 8. The number of aromatic nitrogens is 3. The first-order chi connectivity index (χ1) is 18.3. The lowest BCUT2D eigenvalue weighted by Crippen LogP contribution is -2.38. The van der Waals surface area contributed by atoms with Crippen LogP contribution >= 0.6 is 0 Å². The number of anilines is 1. The summed E-state index contributed by atoms with van der Waals surface area (Å²) in [4.78, 5) is 23.7. The maximum atomic E-state index is 12.8. The molecule has 1 saturated heterocycles. The summed E-state index contributed by atoms with van der Waals surface area (Å²) in [5, 5.41) is 14.1. The summed E-state index contributed by atoms with van der Waals surface area (Å²) in [5.41, 5.74) is 0.932. The van der Waals surface area contributed by atoms with Crippen molar-refractivity contribution in [1.82, 2.24) is 19.4 Å². The van der Waals surface area contributed by atoms with Crippen LogP contribution in [0.1, 0.15) is 38.5 Å². The van der Waals surface area contributed by atoms with Gasteiger partial charge in [-0.2, -0.15) is 4.98 Å². The third-order valence-corrected chi connectivity index (χ3v) is 8.41. The molecule has 0 bridgehead atoms. The third-order valence-electron chi connectivity index (χ3n) is 7.38. The van der Waals surface area contributed by atoms with Crippen LogP contribution in [0, 0.1) is 5.92 Å². The van der Waals surface area contributed by atoms with E-state index in [2.05, 4.69) is 10.3 Å². The summed E-state index contributed by atoms with van der Waals surface area (Å²) >= 11 is 0. The van der Waals surface area contributed by atoms with E-state index in [1.807, 2.05) is 46.0 Å². The van der Waals surface area contributed by atoms with Gasteiger partial charge in [0.05, 0.1) is 24.0 Å². The third kappa shape index (κ3) is 6.27. The van der Waals surface area contributed by atoms with Gasteiger partial charge in [-0.3, -0.25) is 4.79 Å². The smallest absolute Gasteiger partial charge is 0.225 e. The van der Waals surface area contributed by atoms with E-state index in [1.54, 1.807) is 6.20 Å². The number of fused-ring (bicyclic) bond motifs is 1. The number of aliphatic hydroxyl groups excluding tert-OH is 1. The van der Waals surface area contributed by atoms with E-state index in [1.165, 1.54) is 6.26 Å². The predicted molar refractivity (Wildman–Crippen MR) is 145 cm³/mol. The molecule has 204 valence electrons. The molecule has 2 aromatic heterocycles. The summed E-state index contributed by atoms with van der Waals surface area (Å²) in [7, 11) is -3.01. The fraction of sp³-hybridized carbons (Fsp3) is 0.519. The van der Waals surface area contributed by atoms with Crippen LogP contribution in [0.5, 0.6) is 5.75 Å². The molecule has 1 saturated carbocycles. The summed E-state index contributed by atoms with van der Waals surface area (Å²) in [6.45, 7) is 1.44. The van der Waals surface area contributed by atoms with Crippen LogP contribution in [0.2, 0.25) is 0 Å². The lowest BCUT2D eigenvalue weighted by molar-refractivity contribution is -0.135. The minimum atomic E-state index is -3.01. The van der Waals surface area contributed by atoms with Crippen molar-refractivity contribution >= 4 is 32.6 Å². The first-order valence-electron chi connectivity index (χ1n) is 13.2. The number of β-amino-alcohol motifs (C(OH)–C–C–N with tert-alkyl or cyclic N) is 1. The van der Waals surface area contributed by atoms with Gasteiger partial charge in [-0.25, -0.2) is 13.4 Å². The fourth-order valence-electron chi connectivity index (χ4n) is 5.39. The number of aliphatic hydroxyl groups is 1. The van der Waals surface area contributed by atoms with Gasteiger partial charge in [0.2, 0.25) is 11.9 Å². The molecule has 2 aliphatic rings. The number of benzene rings is 1. The molecular weight excluding hydrogens is 506 g/mol. The summed E-state index contributed by atoms with van der Waals surface area (Å²) < 4.78 is 30.6. The maximum Gasteiger partial charge on any atom is 0.225 e. The lowest BCUT2D eigenvalue weighted by Gasteiger charge is -2.30. The largest absolute Gasteiger partial charge is 0.493 e. The Morgan fingerprint density at radius 3 is 2.71 bits per heavy atom. The molecule has 3 heterocycles. The lowest BCUT2D eigenvalue weighted by atomic mass is 9.85. The quantitative estimate of drug-likeness (QED) is 0.396. The Bertz CT molecular complexity index is 1380. The van der Waals surface area contributed by atoms with E-state index < -0.39 is 9.84 Å². The molecule has 3 aromatic rings. The molecule has 11 heteroatoms. The number of carbonyl (C=O) groups excluding carboxylic acids is 1. The molecule has 2 fully saturated rings. The van der Waals surface area contributed by atoms with Crippen molar-refractivity contribution in [3.63, 3.8) is 0 Å². The van der Waals surface area contributed by atoms with Crippen molar-refractivity contribution in [1.29, 1.82) is 0 Å². The Balaban J connectivity index is 1.21. The number of carbonyl (C=O) groups is 1. The molecule has 0 unspecified atom stereocenters. The number of nitrogens with zero attached hydrogens (tertiary/aromatic N) is 4. The molecule has 1 aliphatic carbocycles. The van der Waals surface area contributed by atoms with Crippen molar-refractivity contribution in [3.05, 3.63) is 42.7 Å². The van der Waals surface area contributed by atoms with Crippen LogP contribution in [0.15, 0.2) is 42.7 Å². The van der Waals surface area contributed by atoms with Gasteiger partial charge < -0.3 is 24.6 Å². The van der Waals surface area contributed by atoms with Crippen LogP contribution in [-0.4, -0.2) is 82.7 Å². The van der Waals surface area contributed by atoms with Gasteiger partial charge in [0, 0.05) is 49.1 Å². The van der Waals surface area contributed by atoms with Gasteiger partial charge in [0.15, 0.2) is 0 Å². The number of amides is 1. The molecule has 1 aliphatic heterocycles. The van der Waals surface area contributed by atoms with E-state index in [9.17, 15) is 18.3 Å². The number of nitrogens with one attached hydrogen (secondary N) is 1. The maximum absolute atomic E-state index is 12.8. The normalized spacial score (nSPS) is 22.1. The molecule has 2 N–H and O–H groups in total. The van der Waals surface area contributed by atoms with E-state index in [4.69, 9.17) is 9.72 Å². The van der Waals surface area contributed by atoms with Gasteiger partial charge in [0.1, 0.15) is 21.4 Å². The molecule has 5 rings (SSSR count). The van der Waals surface area contributed by atoms with E-state index in [0.717, 1.165) is 42.4 Å². The molecule has 1 atom stereocenters. The molecular formula is C27H35N5O5S. The average Bonchev–Trinajstić information content (AvgIpc) is 3.53. The van der Waals surface area contributed by atoms with Crippen LogP contribution < -0.4 is 10.1 Å². The fourth-order valence-corrected chi connectivity index (χ4v) is 6.03. The topological polar surface area (TPSA) is 127 Å². The van der Waals surface area contributed by atoms with E-state index >= 15 is 0 Å². The second-order valence-electron chi connectivity index (χ2n) is 10.4. The zero-order valence-electron chi connectivity index (χ0n) is 21.6. The van der Waals surface area contributed by atoms with Gasteiger partial charge in [-0.15, -0.1) is 0 Å². The second-order valence-corrected chi connectivity index (χ2v) is 12.6. The van der Waals surface area contributed by atoms with Gasteiger partial charge >= 0.3 is 0 Å². The van der Waals surface area contributed by atoms with Crippen molar-refractivity contribution in [3.8, 4) is 11.6 Å². The number of ether oxygens (including phenoxy) is 1. The highest BCUT2D eigenvalue weighted by molar-refractivity contribution is 7.90. The number of hydrogen-bond donors (Lipinski definition) is 2.